The number of fused-ring (bicyclic) bond motifs is 1. The molecule has 6 amide bonds. The van der Waals surface area contributed by atoms with Gasteiger partial charge in [-0.15, -0.1) is 0 Å². The van der Waals surface area contributed by atoms with Gasteiger partial charge < -0.3 is 31.1 Å². The van der Waals surface area contributed by atoms with Crippen molar-refractivity contribution in [3.8, 4) is 0 Å². The maximum atomic E-state index is 13.9. The van der Waals surface area contributed by atoms with Gasteiger partial charge in [0.15, 0.2) is 0 Å². The molecule has 1 aliphatic carbocycles. The number of carbonyl (C=O) groups excluding carboxylic acids is 7. The lowest BCUT2D eigenvalue weighted by Crippen LogP contribution is -2.60. The van der Waals surface area contributed by atoms with Gasteiger partial charge in [-0.2, -0.15) is 0 Å². The van der Waals surface area contributed by atoms with E-state index in [4.69, 9.17) is 0 Å². The number of rotatable bonds is 14. The first-order valence-electron chi connectivity index (χ1n) is 16.6. The minimum Gasteiger partial charge on any atom is -0.347 e. The normalized spacial score (nSPS) is 21.1. The average Bonchev–Trinajstić information content (AvgIpc) is 3.33. The van der Waals surface area contributed by atoms with Crippen molar-refractivity contribution in [1.29, 1.82) is 0 Å². The molecule has 2 fully saturated rings. The highest BCUT2D eigenvalue weighted by Crippen LogP contribution is 2.65. The fourth-order valence-electron chi connectivity index (χ4n) is 6.57. The molecule has 13 nitrogen and oxygen atoms in total. The number of nitrogens with one attached hydrogen (secondary N) is 4. The van der Waals surface area contributed by atoms with E-state index in [1.807, 2.05) is 41.5 Å². The summed E-state index contributed by atoms with van der Waals surface area (Å²) in [4.78, 5) is 94.7. The number of piperidine rings is 1. The van der Waals surface area contributed by atoms with Crippen LogP contribution in [0.5, 0.6) is 0 Å². The second-order valence-corrected chi connectivity index (χ2v) is 14.8. The molecule has 13 heteroatoms. The van der Waals surface area contributed by atoms with E-state index in [2.05, 4.69) is 21.3 Å². The lowest BCUT2D eigenvalue weighted by atomic mass is 9.85. The quantitative estimate of drug-likeness (QED) is 0.216. The maximum absolute atomic E-state index is 13.9. The molecule has 3 rings (SSSR count). The fraction of sp³-hybridized carbons (Fsp3) is 0.629. The lowest BCUT2D eigenvalue weighted by molar-refractivity contribution is -0.146. The van der Waals surface area contributed by atoms with Gasteiger partial charge in [0.1, 0.15) is 18.1 Å². The number of likely N-dealkylation sites (tertiary alicyclic amines) is 1. The van der Waals surface area contributed by atoms with Crippen molar-refractivity contribution in [2.24, 2.45) is 22.7 Å². The highest BCUT2D eigenvalue weighted by Gasteiger charge is 2.69. The Balaban J connectivity index is 1.73. The molecule has 264 valence electrons. The molecule has 0 bridgehead atoms. The molecule has 2 aliphatic rings. The Labute approximate surface area is 283 Å². The molecule has 48 heavy (non-hydrogen) atoms. The van der Waals surface area contributed by atoms with Gasteiger partial charge in [-0.1, -0.05) is 84.7 Å². The molecule has 0 spiro atoms. The molecule has 1 aromatic carbocycles. The van der Waals surface area contributed by atoms with Crippen LogP contribution in [0.3, 0.4) is 0 Å². The molecule has 1 saturated carbocycles. The Hall–Kier alpha value is -4.29. The monoisotopic (exact) mass is 668 g/mol. The third-order valence-corrected chi connectivity index (χ3v) is 9.46. The first-order chi connectivity index (χ1) is 22.3. The van der Waals surface area contributed by atoms with Crippen molar-refractivity contribution in [1.82, 2.24) is 31.1 Å². The van der Waals surface area contributed by atoms with Crippen LogP contribution < -0.4 is 21.3 Å². The molecule has 1 aliphatic heterocycles. The Kier molecular flexibility index (Phi) is 12.2. The standard InChI is InChI=1S/C35H52N6O7/c1-10-11-17-23(28(44)31(46)36-18-24(43)39-26(32(47)40(8)9)21-15-13-12-14-16-21)38-30(45)27-25-22(35(25,6)7)19-41(27)33(48)29(34(3,4)5)37-20(2)42/h12-16,22-23,25-27,29H,10-11,17-19H2,1-9H3,(H,36,46)(H,37,42)(H,38,45)(H,39,43)/t22-,23?,25-,26?,27?,29?/m0/s1. The van der Waals surface area contributed by atoms with Crippen molar-refractivity contribution in [2.45, 2.75) is 91.9 Å². The van der Waals surface area contributed by atoms with Crippen LogP contribution in [0.15, 0.2) is 30.3 Å². The maximum Gasteiger partial charge on any atom is 0.290 e. The minimum atomic E-state index is -1.18. The first kappa shape index (κ1) is 38.2. The summed E-state index contributed by atoms with van der Waals surface area (Å²) >= 11 is 0. The van der Waals surface area contributed by atoms with Gasteiger partial charge in [-0.25, -0.2) is 0 Å². The van der Waals surface area contributed by atoms with E-state index in [1.165, 1.54) is 16.7 Å². The summed E-state index contributed by atoms with van der Waals surface area (Å²) in [6, 6.07) is 4.72. The van der Waals surface area contributed by atoms with Crippen LogP contribution in [0, 0.1) is 22.7 Å². The summed E-state index contributed by atoms with van der Waals surface area (Å²) in [6.07, 6.45) is 1.41. The molecule has 4 unspecified atom stereocenters. The second-order valence-electron chi connectivity index (χ2n) is 14.8. The largest absolute Gasteiger partial charge is 0.347 e. The van der Waals surface area contributed by atoms with Gasteiger partial charge in [-0.05, 0) is 34.7 Å². The molecule has 1 aromatic rings. The number of nitrogens with zero attached hydrogens (tertiary/aromatic N) is 2. The van der Waals surface area contributed by atoms with Gasteiger partial charge in [0, 0.05) is 27.6 Å². The predicted octanol–water partition coefficient (Wildman–Crippen LogP) is 1.33. The summed E-state index contributed by atoms with van der Waals surface area (Å²) in [7, 11) is 3.12. The number of unbranched alkanes of at least 4 members (excludes halogenated alkanes) is 1. The van der Waals surface area contributed by atoms with E-state index in [0.29, 0.717) is 24.9 Å². The molecule has 0 aromatic heterocycles. The average molecular weight is 669 g/mol. The van der Waals surface area contributed by atoms with E-state index in [0.717, 1.165) is 0 Å². The van der Waals surface area contributed by atoms with Crippen molar-refractivity contribution in [3.63, 3.8) is 0 Å². The van der Waals surface area contributed by atoms with E-state index in [9.17, 15) is 33.6 Å². The highest BCUT2D eigenvalue weighted by atomic mass is 16.2. The van der Waals surface area contributed by atoms with Crippen LogP contribution in [-0.4, -0.2) is 96.3 Å². The molecule has 1 heterocycles. The summed E-state index contributed by atoms with van der Waals surface area (Å²) in [5.74, 6) is -4.37. The van der Waals surface area contributed by atoms with Gasteiger partial charge in [0.25, 0.3) is 5.91 Å². The molecule has 4 N–H and O–H groups in total. The second kappa shape index (κ2) is 15.3. The first-order valence-corrected chi connectivity index (χ1v) is 16.6. The Morgan fingerprint density at radius 2 is 1.60 bits per heavy atom. The van der Waals surface area contributed by atoms with Crippen LogP contribution in [0.4, 0.5) is 0 Å². The Bertz CT molecular complexity index is 1400. The van der Waals surface area contributed by atoms with Gasteiger partial charge in [0.05, 0.1) is 12.6 Å². The number of amides is 6. The fourth-order valence-corrected chi connectivity index (χ4v) is 6.57. The van der Waals surface area contributed by atoms with E-state index in [-0.39, 0.29) is 41.4 Å². The van der Waals surface area contributed by atoms with E-state index in [1.54, 1.807) is 44.4 Å². The number of likely N-dealkylation sites (N-methyl/N-ethyl adjacent to an activating group) is 1. The molecule has 1 saturated heterocycles. The van der Waals surface area contributed by atoms with Crippen molar-refractivity contribution >= 4 is 41.2 Å². The van der Waals surface area contributed by atoms with Crippen LogP contribution in [0.1, 0.15) is 79.3 Å². The van der Waals surface area contributed by atoms with Crippen LogP contribution >= 0.6 is 0 Å². The minimum absolute atomic E-state index is 0.0702. The summed E-state index contributed by atoms with van der Waals surface area (Å²) in [6.45, 7) is 12.6. The van der Waals surface area contributed by atoms with Crippen LogP contribution in [0.2, 0.25) is 0 Å². The summed E-state index contributed by atoms with van der Waals surface area (Å²) in [5, 5.41) is 10.4. The summed E-state index contributed by atoms with van der Waals surface area (Å²) in [5.41, 5.74) is -0.277. The third kappa shape index (κ3) is 8.78. The summed E-state index contributed by atoms with van der Waals surface area (Å²) < 4.78 is 0. The van der Waals surface area contributed by atoms with Gasteiger partial charge >= 0.3 is 0 Å². The zero-order valence-corrected chi connectivity index (χ0v) is 29.6. The van der Waals surface area contributed by atoms with Crippen molar-refractivity contribution in [2.75, 3.05) is 27.2 Å². The lowest BCUT2D eigenvalue weighted by Gasteiger charge is -2.37. The van der Waals surface area contributed by atoms with Crippen molar-refractivity contribution < 1.29 is 33.6 Å². The number of ketones is 1. The molecule has 0 radical (unpaired) electrons. The van der Waals surface area contributed by atoms with Gasteiger partial charge in [0.2, 0.25) is 35.3 Å². The predicted molar refractivity (Wildman–Crippen MR) is 179 cm³/mol. The molecule has 6 atom stereocenters. The van der Waals surface area contributed by atoms with E-state index >= 15 is 0 Å². The Morgan fingerprint density at radius 3 is 2.15 bits per heavy atom. The zero-order valence-electron chi connectivity index (χ0n) is 29.6. The number of hydrogen-bond acceptors (Lipinski definition) is 7. The van der Waals surface area contributed by atoms with E-state index < -0.39 is 59.6 Å². The number of hydrogen-bond donors (Lipinski definition) is 4. The molecular weight excluding hydrogens is 616 g/mol. The zero-order chi connectivity index (χ0) is 36.1. The Morgan fingerprint density at radius 1 is 0.979 bits per heavy atom. The highest BCUT2D eigenvalue weighted by molar-refractivity contribution is 6.38. The topological polar surface area (TPSA) is 174 Å². The smallest absolute Gasteiger partial charge is 0.290 e. The van der Waals surface area contributed by atoms with Crippen LogP contribution in [-0.2, 0) is 33.6 Å². The van der Waals surface area contributed by atoms with Crippen molar-refractivity contribution in [3.05, 3.63) is 35.9 Å². The number of carbonyl (C=O) groups is 7. The third-order valence-electron chi connectivity index (χ3n) is 9.46. The number of Topliss-reactive ketones (excluding diaryl/α,β-unsaturated/α-hetero) is 1. The van der Waals surface area contributed by atoms with Crippen LogP contribution in [0.25, 0.3) is 0 Å². The number of benzene rings is 1. The molecular formula is C35H52N6O7. The van der Waals surface area contributed by atoms with Gasteiger partial charge in [-0.3, -0.25) is 33.6 Å². The SMILES string of the molecule is CCCCC(NC(=O)C1[C@@H]2[C@H](CN1C(=O)C(NC(C)=O)C(C)(C)C)C2(C)C)C(=O)C(=O)NCC(=O)NC(C(=O)N(C)C)c1ccccc1.